The average molecular weight is 586 g/mol. The quantitative estimate of drug-likeness (QED) is 0.419. The van der Waals surface area contributed by atoms with Crippen LogP contribution in [0.5, 0.6) is 0 Å². The zero-order valence-corrected chi connectivity index (χ0v) is 25.2. The van der Waals surface area contributed by atoms with Crippen molar-refractivity contribution < 1.29 is 18.0 Å². The first-order valence-electron chi connectivity index (χ1n) is 14.4. The van der Waals surface area contributed by atoms with Gasteiger partial charge in [-0.1, -0.05) is 41.9 Å². The number of nitrogens with one attached hydrogen (secondary N) is 1. The van der Waals surface area contributed by atoms with Crippen LogP contribution < -0.4 is 9.62 Å². The normalized spacial score (nSPS) is 25.9. The average Bonchev–Trinajstić information content (AvgIpc) is 2.89. The molecule has 0 spiro atoms. The lowest BCUT2D eigenvalue weighted by Gasteiger charge is -2.57. The summed E-state index contributed by atoms with van der Waals surface area (Å²) >= 11 is 6.37. The SMILES string of the molecule is CCNC(=O)[C@@H](C)N(Cc1ccccc1Cl)C(=O)CN(c1ccc(C23CC4CC(CC(C4)C2)C3)cc1)S(C)(=O)=O. The molecule has 2 amide bonds. The third-order valence-corrected chi connectivity index (χ3v) is 10.8. The van der Waals surface area contributed by atoms with Gasteiger partial charge < -0.3 is 10.2 Å². The van der Waals surface area contributed by atoms with Crippen LogP contribution in [0.25, 0.3) is 0 Å². The number of rotatable bonds is 10. The second kappa shape index (κ2) is 11.4. The van der Waals surface area contributed by atoms with Crippen LogP contribution in [-0.2, 0) is 31.6 Å². The molecular formula is C31H40ClN3O4S. The molecule has 0 aliphatic heterocycles. The van der Waals surface area contributed by atoms with Crippen molar-refractivity contribution >= 4 is 39.1 Å². The minimum Gasteiger partial charge on any atom is -0.355 e. The maximum absolute atomic E-state index is 13.7. The van der Waals surface area contributed by atoms with E-state index in [9.17, 15) is 18.0 Å². The van der Waals surface area contributed by atoms with Crippen LogP contribution in [-0.4, -0.2) is 50.5 Å². The van der Waals surface area contributed by atoms with Gasteiger partial charge in [-0.05, 0) is 105 Å². The Labute approximate surface area is 243 Å². The van der Waals surface area contributed by atoms with Crippen molar-refractivity contribution in [1.29, 1.82) is 0 Å². The predicted octanol–water partition coefficient (Wildman–Crippen LogP) is 5.13. The Kier molecular flexibility index (Phi) is 8.22. The summed E-state index contributed by atoms with van der Waals surface area (Å²) in [5.74, 6) is 1.65. The molecule has 4 aliphatic rings. The Morgan fingerprint density at radius 1 is 1.00 bits per heavy atom. The van der Waals surface area contributed by atoms with Gasteiger partial charge in [-0.15, -0.1) is 0 Å². The first-order valence-corrected chi connectivity index (χ1v) is 16.6. The topological polar surface area (TPSA) is 86.8 Å². The van der Waals surface area contributed by atoms with Gasteiger partial charge in [0.05, 0.1) is 11.9 Å². The number of amides is 2. The highest BCUT2D eigenvalue weighted by atomic mass is 35.5. The highest BCUT2D eigenvalue weighted by Gasteiger charge is 2.51. The van der Waals surface area contributed by atoms with E-state index in [0.29, 0.717) is 22.8 Å². The molecule has 0 heterocycles. The van der Waals surface area contributed by atoms with Gasteiger partial charge in [0, 0.05) is 18.1 Å². The van der Waals surface area contributed by atoms with Crippen molar-refractivity contribution in [3.63, 3.8) is 0 Å². The van der Waals surface area contributed by atoms with Crippen molar-refractivity contribution in [3.05, 3.63) is 64.7 Å². The summed E-state index contributed by atoms with van der Waals surface area (Å²) in [5, 5.41) is 3.23. The molecule has 216 valence electrons. The lowest BCUT2D eigenvalue weighted by atomic mass is 9.48. The zero-order chi connectivity index (χ0) is 28.7. The fraction of sp³-hybridized carbons (Fsp3) is 0.548. The van der Waals surface area contributed by atoms with Gasteiger partial charge in [0.15, 0.2) is 0 Å². The monoisotopic (exact) mass is 585 g/mol. The zero-order valence-electron chi connectivity index (χ0n) is 23.6. The third-order valence-electron chi connectivity index (χ3n) is 9.30. The van der Waals surface area contributed by atoms with Crippen LogP contribution in [0.3, 0.4) is 0 Å². The fourth-order valence-electron chi connectivity index (χ4n) is 7.77. The van der Waals surface area contributed by atoms with E-state index >= 15 is 0 Å². The number of likely N-dealkylation sites (N-methyl/N-ethyl adjacent to an activating group) is 1. The van der Waals surface area contributed by atoms with E-state index in [0.717, 1.165) is 28.3 Å². The molecule has 0 saturated heterocycles. The van der Waals surface area contributed by atoms with E-state index in [-0.39, 0.29) is 17.9 Å². The molecular weight excluding hydrogens is 546 g/mol. The minimum atomic E-state index is -3.78. The number of hydrogen-bond donors (Lipinski definition) is 1. The molecule has 9 heteroatoms. The van der Waals surface area contributed by atoms with E-state index in [1.165, 1.54) is 49.0 Å². The smallest absolute Gasteiger partial charge is 0.244 e. The summed E-state index contributed by atoms with van der Waals surface area (Å²) < 4.78 is 27.1. The maximum Gasteiger partial charge on any atom is 0.244 e. The van der Waals surface area contributed by atoms with E-state index in [4.69, 9.17) is 11.6 Å². The summed E-state index contributed by atoms with van der Waals surface area (Å²) in [7, 11) is -3.78. The molecule has 2 aromatic rings. The highest BCUT2D eigenvalue weighted by molar-refractivity contribution is 7.92. The summed E-state index contributed by atoms with van der Waals surface area (Å²) in [5.41, 5.74) is 2.62. The van der Waals surface area contributed by atoms with E-state index in [2.05, 4.69) is 17.4 Å². The summed E-state index contributed by atoms with van der Waals surface area (Å²) in [6, 6.07) is 14.1. The lowest BCUT2D eigenvalue weighted by molar-refractivity contribution is -0.139. The Morgan fingerprint density at radius 2 is 1.57 bits per heavy atom. The van der Waals surface area contributed by atoms with Gasteiger partial charge in [-0.3, -0.25) is 13.9 Å². The van der Waals surface area contributed by atoms with Crippen LogP contribution in [0.15, 0.2) is 48.5 Å². The fourth-order valence-corrected chi connectivity index (χ4v) is 8.82. The molecule has 4 saturated carbocycles. The van der Waals surface area contributed by atoms with Gasteiger partial charge >= 0.3 is 0 Å². The van der Waals surface area contributed by atoms with E-state index < -0.39 is 28.5 Å². The van der Waals surface area contributed by atoms with Crippen LogP contribution in [0.2, 0.25) is 5.02 Å². The number of nitrogens with zero attached hydrogens (tertiary/aromatic N) is 2. The Bertz CT molecular complexity index is 1330. The molecule has 7 nitrogen and oxygen atoms in total. The Morgan fingerprint density at radius 3 is 2.10 bits per heavy atom. The van der Waals surface area contributed by atoms with Crippen LogP contribution >= 0.6 is 11.6 Å². The summed E-state index contributed by atoms with van der Waals surface area (Å²) in [6.45, 7) is 3.54. The number of sulfonamides is 1. The molecule has 2 aromatic carbocycles. The molecule has 0 unspecified atom stereocenters. The molecule has 40 heavy (non-hydrogen) atoms. The molecule has 1 N–H and O–H groups in total. The maximum atomic E-state index is 13.7. The van der Waals surface area contributed by atoms with E-state index in [1.807, 2.05) is 25.1 Å². The minimum absolute atomic E-state index is 0.0827. The van der Waals surface area contributed by atoms with Crippen molar-refractivity contribution in [2.75, 3.05) is 23.7 Å². The first kappa shape index (κ1) is 28.9. The van der Waals surface area contributed by atoms with Crippen molar-refractivity contribution in [2.45, 2.75) is 70.4 Å². The van der Waals surface area contributed by atoms with Gasteiger partial charge in [0.1, 0.15) is 12.6 Å². The second-order valence-corrected chi connectivity index (χ2v) is 14.5. The number of halogens is 1. The van der Waals surface area contributed by atoms with Crippen molar-refractivity contribution in [2.24, 2.45) is 17.8 Å². The Balaban J connectivity index is 1.39. The lowest BCUT2D eigenvalue weighted by Crippen LogP contribution is -2.51. The number of benzene rings is 2. The van der Waals surface area contributed by atoms with Crippen molar-refractivity contribution in [3.8, 4) is 0 Å². The van der Waals surface area contributed by atoms with Crippen molar-refractivity contribution in [1.82, 2.24) is 10.2 Å². The summed E-state index contributed by atoms with van der Waals surface area (Å²) in [4.78, 5) is 27.9. The first-order chi connectivity index (χ1) is 19.0. The molecule has 4 bridgehead atoms. The van der Waals surface area contributed by atoms with E-state index in [1.54, 1.807) is 25.1 Å². The predicted molar refractivity (Wildman–Crippen MR) is 159 cm³/mol. The van der Waals surface area contributed by atoms with Crippen LogP contribution in [0.1, 0.15) is 63.5 Å². The Hall–Kier alpha value is -2.58. The highest BCUT2D eigenvalue weighted by Crippen LogP contribution is 2.60. The van der Waals surface area contributed by atoms with Gasteiger partial charge in [-0.2, -0.15) is 0 Å². The number of carbonyl (C=O) groups excluding carboxylic acids is 2. The van der Waals surface area contributed by atoms with Gasteiger partial charge in [-0.25, -0.2) is 8.42 Å². The second-order valence-electron chi connectivity index (χ2n) is 12.2. The molecule has 6 rings (SSSR count). The summed E-state index contributed by atoms with van der Waals surface area (Å²) in [6.07, 6.45) is 8.87. The number of anilines is 1. The van der Waals surface area contributed by atoms with Crippen LogP contribution in [0.4, 0.5) is 5.69 Å². The third kappa shape index (κ3) is 5.89. The number of hydrogen-bond acceptors (Lipinski definition) is 4. The standard InChI is InChI=1S/C31H40ClN3O4S/c1-4-33-30(37)21(2)34(19-25-7-5-6-8-28(25)32)29(36)20-35(40(3,38)39)27-11-9-26(10-12-27)31-16-22-13-23(17-31)15-24(14-22)18-31/h5-12,21-24H,4,13-20H2,1-3H3,(H,33,37)/t21-,22?,23?,24?,31?/m1/s1. The molecule has 4 aliphatic carbocycles. The van der Waals surface area contributed by atoms with Crippen LogP contribution in [0, 0.1) is 17.8 Å². The van der Waals surface area contributed by atoms with Gasteiger partial charge in [0.2, 0.25) is 21.8 Å². The molecule has 1 atom stereocenters. The molecule has 4 fully saturated rings. The largest absolute Gasteiger partial charge is 0.355 e. The number of carbonyl (C=O) groups is 2. The molecule has 0 radical (unpaired) electrons. The van der Waals surface area contributed by atoms with Gasteiger partial charge in [0.25, 0.3) is 0 Å². The molecule has 0 aromatic heterocycles.